The number of nitrogen functional groups attached to an aromatic ring is 1. The standard InChI is InChI=1S/C11H11F4N5O3/c12-8(13)10(1-21)7(22)11(14,15)9(23-10)20-3-19-4-5(16)17-2-18-6(4)20/h2-3,7-9,21-22H,1H2,(H2,16,17,18). The number of halogens is 4. The summed E-state index contributed by atoms with van der Waals surface area (Å²) in [6.07, 6.45) is -6.99. The van der Waals surface area contributed by atoms with E-state index in [9.17, 15) is 22.7 Å². The second-order valence-corrected chi connectivity index (χ2v) is 5.04. The summed E-state index contributed by atoms with van der Waals surface area (Å²) in [5.74, 6) is -4.23. The van der Waals surface area contributed by atoms with Crippen LogP contribution < -0.4 is 5.73 Å². The first kappa shape index (κ1) is 15.8. The summed E-state index contributed by atoms with van der Waals surface area (Å²) in [5, 5.41) is 18.7. The Bertz CT molecular complexity index is 742. The van der Waals surface area contributed by atoms with Gasteiger partial charge in [0, 0.05) is 0 Å². The van der Waals surface area contributed by atoms with E-state index >= 15 is 0 Å². The Labute approximate surface area is 125 Å². The van der Waals surface area contributed by atoms with Crippen molar-refractivity contribution in [1.82, 2.24) is 19.5 Å². The lowest BCUT2D eigenvalue weighted by Crippen LogP contribution is -2.53. The van der Waals surface area contributed by atoms with E-state index in [1.54, 1.807) is 0 Å². The SMILES string of the molecule is Nc1ncnc2c1ncn2C1OC(CO)(C(F)F)C(O)C1(F)F. The van der Waals surface area contributed by atoms with Gasteiger partial charge in [-0.2, -0.15) is 8.78 Å². The van der Waals surface area contributed by atoms with Gasteiger partial charge in [0.25, 0.3) is 6.43 Å². The van der Waals surface area contributed by atoms with Crippen molar-refractivity contribution in [2.75, 3.05) is 12.3 Å². The molecule has 126 valence electrons. The highest BCUT2D eigenvalue weighted by molar-refractivity contribution is 5.81. The van der Waals surface area contributed by atoms with Crippen LogP contribution in [-0.2, 0) is 4.74 Å². The summed E-state index contributed by atoms with van der Waals surface area (Å²) in [7, 11) is 0. The van der Waals surface area contributed by atoms with Crippen LogP contribution in [0.5, 0.6) is 0 Å². The lowest BCUT2D eigenvalue weighted by Gasteiger charge is -2.28. The molecule has 3 atom stereocenters. The lowest BCUT2D eigenvalue weighted by molar-refractivity contribution is -0.194. The molecule has 1 aliphatic heterocycles. The topological polar surface area (TPSA) is 119 Å². The van der Waals surface area contributed by atoms with Crippen LogP contribution in [0, 0.1) is 0 Å². The lowest BCUT2D eigenvalue weighted by atomic mass is 9.96. The van der Waals surface area contributed by atoms with Crippen LogP contribution in [0.25, 0.3) is 11.2 Å². The second kappa shape index (κ2) is 4.97. The Balaban J connectivity index is 2.14. The van der Waals surface area contributed by atoms with Gasteiger partial charge in [0.2, 0.25) is 6.23 Å². The van der Waals surface area contributed by atoms with E-state index in [0.717, 1.165) is 12.7 Å². The number of aliphatic hydroxyl groups is 2. The molecule has 8 nitrogen and oxygen atoms in total. The van der Waals surface area contributed by atoms with E-state index in [0.29, 0.717) is 4.57 Å². The van der Waals surface area contributed by atoms with Crippen LogP contribution in [0.4, 0.5) is 23.4 Å². The highest BCUT2D eigenvalue weighted by Crippen LogP contribution is 2.50. The minimum Gasteiger partial charge on any atom is -0.393 e. The van der Waals surface area contributed by atoms with Crippen LogP contribution in [0.2, 0.25) is 0 Å². The molecule has 0 spiro atoms. The molecule has 0 radical (unpaired) electrons. The van der Waals surface area contributed by atoms with Crippen molar-refractivity contribution in [3.05, 3.63) is 12.7 Å². The fraction of sp³-hybridized carbons (Fsp3) is 0.545. The quantitative estimate of drug-likeness (QED) is 0.671. The van der Waals surface area contributed by atoms with Crippen LogP contribution in [0.1, 0.15) is 6.23 Å². The Morgan fingerprint density at radius 1 is 1.35 bits per heavy atom. The van der Waals surface area contributed by atoms with Crippen molar-refractivity contribution < 1.29 is 32.5 Å². The molecule has 0 bridgehead atoms. The fourth-order valence-electron chi connectivity index (χ4n) is 2.46. The molecule has 1 saturated heterocycles. The molecule has 0 amide bonds. The van der Waals surface area contributed by atoms with Gasteiger partial charge >= 0.3 is 5.92 Å². The van der Waals surface area contributed by atoms with E-state index in [-0.39, 0.29) is 17.0 Å². The number of nitrogens with zero attached hydrogens (tertiary/aromatic N) is 4. The third kappa shape index (κ3) is 1.98. The minimum absolute atomic E-state index is 0.0278. The number of rotatable bonds is 3. The van der Waals surface area contributed by atoms with Gasteiger partial charge in [-0.15, -0.1) is 0 Å². The van der Waals surface area contributed by atoms with Crippen molar-refractivity contribution in [2.45, 2.75) is 30.3 Å². The maximum Gasteiger partial charge on any atom is 0.320 e. The molecule has 23 heavy (non-hydrogen) atoms. The summed E-state index contributed by atoms with van der Waals surface area (Å²) in [5.41, 5.74) is 2.19. The smallest absolute Gasteiger partial charge is 0.320 e. The predicted octanol–water partition coefficient (Wildman–Crippen LogP) is -0.0703. The van der Waals surface area contributed by atoms with Gasteiger partial charge in [0.05, 0.1) is 12.9 Å². The fourth-order valence-corrected chi connectivity index (χ4v) is 2.46. The minimum atomic E-state index is -4.13. The summed E-state index contributed by atoms with van der Waals surface area (Å²) < 4.78 is 60.2. The van der Waals surface area contributed by atoms with Crippen LogP contribution in [0.15, 0.2) is 12.7 Å². The zero-order valence-corrected chi connectivity index (χ0v) is 11.3. The molecular formula is C11H11F4N5O3. The molecule has 0 aromatic carbocycles. The highest BCUT2D eigenvalue weighted by atomic mass is 19.3. The maximum atomic E-state index is 14.3. The third-order valence-corrected chi connectivity index (χ3v) is 3.74. The largest absolute Gasteiger partial charge is 0.393 e. The van der Waals surface area contributed by atoms with Crippen LogP contribution >= 0.6 is 0 Å². The summed E-state index contributed by atoms with van der Waals surface area (Å²) in [6.45, 7) is -1.50. The van der Waals surface area contributed by atoms with Crippen molar-refractivity contribution >= 4 is 17.0 Å². The summed E-state index contributed by atoms with van der Waals surface area (Å²) in [6, 6.07) is 0. The molecule has 0 saturated carbocycles. The molecule has 1 aliphatic rings. The van der Waals surface area contributed by atoms with Gasteiger partial charge < -0.3 is 20.7 Å². The molecular weight excluding hydrogens is 326 g/mol. The van der Waals surface area contributed by atoms with Gasteiger partial charge in [-0.25, -0.2) is 23.7 Å². The summed E-state index contributed by atoms with van der Waals surface area (Å²) in [4.78, 5) is 11.1. The molecule has 2 aromatic rings. The normalized spacial score (nSPS) is 30.4. The van der Waals surface area contributed by atoms with Crippen molar-refractivity contribution in [3.63, 3.8) is 0 Å². The number of anilines is 1. The molecule has 3 rings (SSSR count). The molecule has 3 heterocycles. The molecule has 2 aromatic heterocycles. The maximum absolute atomic E-state index is 14.3. The third-order valence-electron chi connectivity index (χ3n) is 3.74. The molecule has 0 aliphatic carbocycles. The zero-order valence-electron chi connectivity index (χ0n) is 11.3. The number of nitrogens with two attached hydrogens (primary N) is 1. The average molecular weight is 337 g/mol. The number of ether oxygens (including phenoxy) is 1. The van der Waals surface area contributed by atoms with Gasteiger partial charge in [0.1, 0.15) is 11.8 Å². The number of fused-ring (bicyclic) bond motifs is 1. The monoisotopic (exact) mass is 337 g/mol. The number of aromatic nitrogens is 4. The van der Waals surface area contributed by atoms with Crippen LogP contribution in [0.3, 0.4) is 0 Å². The number of alkyl halides is 4. The van der Waals surface area contributed by atoms with Gasteiger partial charge in [-0.3, -0.25) is 4.57 Å². The zero-order chi connectivity index (χ0) is 17.0. The van der Waals surface area contributed by atoms with Crippen LogP contribution in [-0.4, -0.2) is 60.4 Å². The van der Waals surface area contributed by atoms with Crippen molar-refractivity contribution in [1.29, 1.82) is 0 Å². The first-order chi connectivity index (χ1) is 10.8. The predicted molar refractivity (Wildman–Crippen MR) is 66.6 cm³/mol. The Morgan fingerprint density at radius 2 is 2.04 bits per heavy atom. The second-order valence-electron chi connectivity index (χ2n) is 5.04. The molecule has 12 heteroatoms. The van der Waals surface area contributed by atoms with Crippen molar-refractivity contribution in [2.24, 2.45) is 0 Å². The van der Waals surface area contributed by atoms with Gasteiger partial charge in [0.15, 0.2) is 23.2 Å². The van der Waals surface area contributed by atoms with Gasteiger partial charge in [-0.1, -0.05) is 0 Å². The molecule has 4 N–H and O–H groups in total. The number of hydrogen-bond acceptors (Lipinski definition) is 7. The van der Waals surface area contributed by atoms with Crippen molar-refractivity contribution in [3.8, 4) is 0 Å². The number of imidazole rings is 1. The van der Waals surface area contributed by atoms with E-state index < -0.39 is 36.9 Å². The average Bonchev–Trinajstić information content (AvgIpc) is 3.00. The van der Waals surface area contributed by atoms with E-state index in [2.05, 4.69) is 15.0 Å². The Kier molecular flexibility index (Phi) is 3.42. The Hall–Kier alpha value is -2.05. The number of aliphatic hydroxyl groups excluding tert-OH is 2. The number of hydrogen-bond donors (Lipinski definition) is 3. The van der Waals surface area contributed by atoms with E-state index in [1.165, 1.54) is 0 Å². The molecule has 3 unspecified atom stereocenters. The highest BCUT2D eigenvalue weighted by Gasteiger charge is 2.70. The first-order valence-corrected chi connectivity index (χ1v) is 6.31. The van der Waals surface area contributed by atoms with E-state index in [1.807, 2.05) is 0 Å². The molecule has 1 fully saturated rings. The van der Waals surface area contributed by atoms with E-state index in [4.69, 9.17) is 15.6 Å². The van der Waals surface area contributed by atoms with Gasteiger partial charge in [-0.05, 0) is 0 Å². The summed E-state index contributed by atoms with van der Waals surface area (Å²) >= 11 is 0. The Morgan fingerprint density at radius 3 is 2.61 bits per heavy atom. The first-order valence-electron chi connectivity index (χ1n) is 6.31.